The van der Waals surface area contributed by atoms with Gasteiger partial charge in [-0.25, -0.2) is 0 Å². The van der Waals surface area contributed by atoms with Gasteiger partial charge in [-0.15, -0.1) is 12.4 Å². The summed E-state index contributed by atoms with van der Waals surface area (Å²) < 4.78 is 10.5. The maximum absolute atomic E-state index is 5.29. The molecule has 1 rings (SSSR count). The highest BCUT2D eigenvalue weighted by Gasteiger charge is 2.07. The fourth-order valence-corrected chi connectivity index (χ4v) is 1.82. The normalized spacial score (nSPS) is 11.6. The van der Waals surface area contributed by atoms with Gasteiger partial charge in [-0.3, -0.25) is 0 Å². The van der Waals surface area contributed by atoms with Crippen molar-refractivity contribution >= 4 is 12.4 Å². The second-order valence-electron chi connectivity index (χ2n) is 4.25. The van der Waals surface area contributed by atoms with Crippen molar-refractivity contribution < 1.29 is 9.47 Å². The van der Waals surface area contributed by atoms with Crippen LogP contribution in [0, 0.1) is 0 Å². The third-order valence-corrected chi connectivity index (χ3v) is 2.73. The van der Waals surface area contributed by atoms with E-state index in [2.05, 4.69) is 25.2 Å². The third-order valence-electron chi connectivity index (χ3n) is 2.73. The average molecular weight is 274 g/mol. The highest BCUT2D eigenvalue weighted by atomic mass is 35.5. The molecule has 104 valence electrons. The summed E-state index contributed by atoms with van der Waals surface area (Å²) in [5, 5.41) is 3.47. The van der Waals surface area contributed by atoms with Crippen molar-refractivity contribution in [2.24, 2.45) is 0 Å². The molecule has 1 atom stereocenters. The predicted molar refractivity (Wildman–Crippen MR) is 78.3 cm³/mol. The largest absolute Gasteiger partial charge is 0.493 e. The van der Waals surface area contributed by atoms with Crippen molar-refractivity contribution in [1.82, 2.24) is 5.32 Å². The lowest BCUT2D eigenvalue weighted by Gasteiger charge is -2.14. The van der Waals surface area contributed by atoms with E-state index in [1.807, 2.05) is 12.1 Å². The number of hydrogen-bond acceptors (Lipinski definition) is 3. The van der Waals surface area contributed by atoms with Gasteiger partial charge < -0.3 is 14.8 Å². The van der Waals surface area contributed by atoms with Crippen LogP contribution in [-0.2, 0) is 6.42 Å². The van der Waals surface area contributed by atoms with Crippen molar-refractivity contribution in [2.75, 3.05) is 20.8 Å². The van der Waals surface area contributed by atoms with Crippen LogP contribution in [0.25, 0.3) is 0 Å². The van der Waals surface area contributed by atoms with Gasteiger partial charge in [0.15, 0.2) is 11.5 Å². The Morgan fingerprint density at radius 2 is 1.83 bits per heavy atom. The van der Waals surface area contributed by atoms with E-state index in [0.29, 0.717) is 6.04 Å². The molecule has 4 heteroatoms. The van der Waals surface area contributed by atoms with Crippen LogP contribution in [-0.4, -0.2) is 26.8 Å². The average Bonchev–Trinajstić information content (AvgIpc) is 2.36. The Labute approximate surface area is 116 Å². The Balaban J connectivity index is 0.00000289. The molecule has 1 aromatic rings. The maximum Gasteiger partial charge on any atom is 0.160 e. The Kier molecular flexibility index (Phi) is 8.59. The maximum atomic E-state index is 5.29. The van der Waals surface area contributed by atoms with Gasteiger partial charge >= 0.3 is 0 Å². The van der Waals surface area contributed by atoms with E-state index < -0.39 is 0 Å². The van der Waals surface area contributed by atoms with Crippen LogP contribution >= 0.6 is 12.4 Å². The number of hydrogen-bond donors (Lipinski definition) is 1. The SMILES string of the molecule is CCCNC(C)Cc1ccc(OC)c(OC)c1.Cl. The minimum Gasteiger partial charge on any atom is -0.493 e. The van der Waals surface area contributed by atoms with Crippen LogP contribution < -0.4 is 14.8 Å². The summed E-state index contributed by atoms with van der Waals surface area (Å²) in [6, 6.07) is 6.57. The third kappa shape index (κ3) is 5.15. The van der Waals surface area contributed by atoms with E-state index in [9.17, 15) is 0 Å². The van der Waals surface area contributed by atoms with Crippen LogP contribution in [0.15, 0.2) is 18.2 Å². The van der Waals surface area contributed by atoms with Gasteiger partial charge in [0.25, 0.3) is 0 Å². The molecule has 1 N–H and O–H groups in total. The van der Waals surface area contributed by atoms with E-state index in [4.69, 9.17) is 9.47 Å². The monoisotopic (exact) mass is 273 g/mol. The molecule has 0 spiro atoms. The molecule has 3 nitrogen and oxygen atoms in total. The molecule has 0 bridgehead atoms. The molecule has 18 heavy (non-hydrogen) atoms. The van der Waals surface area contributed by atoms with Crippen LogP contribution in [0.2, 0.25) is 0 Å². The summed E-state index contributed by atoms with van der Waals surface area (Å²) >= 11 is 0. The van der Waals surface area contributed by atoms with Crippen LogP contribution in [0.1, 0.15) is 25.8 Å². The van der Waals surface area contributed by atoms with Crippen molar-refractivity contribution in [2.45, 2.75) is 32.7 Å². The molecular weight excluding hydrogens is 250 g/mol. The number of nitrogens with one attached hydrogen (secondary N) is 1. The Bertz CT molecular complexity index is 345. The van der Waals surface area contributed by atoms with Crippen molar-refractivity contribution in [1.29, 1.82) is 0 Å². The summed E-state index contributed by atoms with van der Waals surface area (Å²) in [4.78, 5) is 0. The molecular formula is C14H24ClNO2. The van der Waals surface area contributed by atoms with E-state index in [-0.39, 0.29) is 12.4 Å². The molecule has 0 fully saturated rings. The smallest absolute Gasteiger partial charge is 0.160 e. The highest BCUT2D eigenvalue weighted by molar-refractivity contribution is 5.85. The minimum absolute atomic E-state index is 0. The quantitative estimate of drug-likeness (QED) is 0.828. The Morgan fingerprint density at radius 3 is 2.39 bits per heavy atom. The Morgan fingerprint density at radius 1 is 1.17 bits per heavy atom. The number of halogens is 1. The zero-order valence-corrected chi connectivity index (χ0v) is 12.5. The first-order valence-electron chi connectivity index (χ1n) is 6.15. The number of benzene rings is 1. The number of ether oxygens (including phenoxy) is 2. The van der Waals surface area contributed by atoms with E-state index in [1.54, 1.807) is 14.2 Å². The topological polar surface area (TPSA) is 30.5 Å². The van der Waals surface area contributed by atoms with Gasteiger partial charge in [0.2, 0.25) is 0 Å². The summed E-state index contributed by atoms with van der Waals surface area (Å²) in [7, 11) is 3.32. The zero-order valence-electron chi connectivity index (χ0n) is 11.7. The molecule has 0 aromatic heterocycles. The number of methoxy groups -OCH3 is 2. The molecule has 0 saturated heterocycles. The van der Waals surface area contributed by atoms with E-state index >= 15 is 0 Å². The Hall–Kier alpha value is -0.930. The van der Waals surface area contributed by atoms with Gasteiger partial charge in [0, 0.05) is 6.04 Å². The predicted octanol–water partition coefficient (Wildman–Crippen LogP) is 3.06. The van der Waals surface area contributed by atoms with Crippen LogP contribution in [0.4, 0.5) is 0 Å². The molecule has 0 aliphatic rings. The van der Waals surface area contributed by atoms with Crippen molar-refractivity contribution in [3.05, 3.63) is 23.8 Å². The lowest BCUT2D eigenvalue weighted by molar-refractivity contribution is 0.354. The molecule has 1 aromatic carbocycles. The fraction of sp³-hybridized carbons (Fsp3) is 0.571. The molecule has 0 radical (unpaired) electrons. The van der Waals surface area contributed by atoms with Crippen molar-refractivity contribution in [3.63, 3.8) is 0 Å². The highest BCUT2D eigenvalue weighted by Crippen LogP contribution is 2.27. The lowest BCUT2D eigenvalue weighted by atomic mass is 10.1. The minimum atomic E-state index is 0. The van der Waals surface area contributed by atoms with Gasteiger partial charge in [-0.2, -0.15) is 0 Å². The first kappa shape index (κ1) is 17.1. The lowest BCUT2D eigenvalue weighted by Crippen LogP contribution is -2.28. The molecule has 0 saturated carbocycles. The first-order valence-corrected chi connectivity index (χ1v) is 6.15. The van der Waals surface area contributed by atoms with Gasteiger partial charge in [-0.1, -0.05) is 13.0 Å². The van der Waals surface area contributed by atoms with E-state index in [0.717, 1.165) is 30.9 Å². The molecule has 0 heterocycles. The number of rotatable bonds is 7. The van der Waals surface area contributed by atoms with Gasteiger partial charge in [0.1, 0.15) is 0 Å². The standard InChI is InChI=1S/C14H23NO2.ClH/c1-5-8-15-11(2)9-12-6-7-13(16-3)14(10-12)17-4;/h6-7,10-11,15H,5,8-9H2,1-4H3;1H. The fourth-order valence-electron chi connectivity index (χ4n) is 1.82. The molecule has 0 aliphatic carbocycles. The first-order chi connectivity index (χ1) is 8.21. The summed E-state index contributed by atoms with van der Waals surface area (Å²) in [6.45, 7) is 5.44. The summed E-state index contributed by atoms with van der Waals surface area (Å²) in [5.74, 6) is 1.58. The van der Waals surface area contributed by atoms with Crippen molar-refractivity contribution in [3.8, 4) is 11.5 Å². The molecule has 1 unspecified atom stereocenters. The second-order valence-corrected chi connectivity index (χ2v) is 4.25. The van der Waals surface area contributed by atoms with Crippen LogP contribution in [0.3, 0.4) is 0 Å². The van der Waals surface area contributed by atoms with Gasteiger partial charge in [0.05, 0.1) is 14.2 Å². The molecule has 0 amide bonds. The summed E-state index contributed by atoms with van der Waals surface area (Å²) in [5.41, 5.74) is 1.26. The second kappa shape index (κ2) is 9.06. The molecule has 0 aliphatic heterocycles. The van der Waals surface area contributed by atoms with E-state index in [1.165, 1.54) is 5.56 Å². The van der Waals surface area contributed by atoms with Gasteiger partial charge in [-0.05, 0) is 44.0 Å². The van der Waals surface area contributed by atoms with Crippen LogP contribution in [0.5, 0.6) is 11.5 Å². The summed E-state index contributed by atoms with van der Waals surface area (Å²) in [6.07, 6.45) is 2.16. The zero-order chi connectivity index (χ0) is 12.7.